The molecule has 0 saturated heterocycles. The van der Waals surface area contributed by atoms with E-state index in [0.717, 1.165) is 16.7 Å². The lowest BCUT2D eigenvalue weighted by atomic mass is 10.1. The number of benzene rings is 3. The first kappa shape index (κ1) is 21.7. The third-order valence-corrected chi connectivity index (χ3v) is 8.36. The highest BCUT2D eigenvalue weighted by molar-refractivity contribution is 7.98. The number of thioether (sulfide) groups is 1. The summed E-state index contributed by atoms with van der Waals surface area (Å²) in [5.41, 5.74) is 6.35. The van der Waals surface area contributed by atoms with Crippen molar-refractivity contribution in [3.05, 3.63) is 101 Å². The summed E-state index contributed by atoms with van der Waals surface area (Å²) in [6, 6.07) is 23.8. The summed E-state index contributed by atoms with van der Waals surface area (Å²) in [5, 5.41) is 0.561. The molecule has 7 heteroatoms. The number of aryl methyl sites for hydroxylation is 2. The van der Waals surface area contributed by atoms with Crippen LogP contribution in [-0.2, 0) is 22.3 Å². The summed E-state index contributed by atoms with van der Waals surface area (Å²) < 4.78 is 28.7. The van der Waals surface area contributed by atoms with E-state index in [1.165, 1.54) is 33.4 Å². The lowest BCUT2D eigenvalue weighted by Gasteiger charge is -2.31. The molecule has 0 atom stereocenters. The van der Waals surface area contributed by atoms with Crippen molar-refractivity contribution in [3.63, 3.8) is 0 Å². The minimum absolute atomic E-state index is 0.146. The van der Waals surface area contributed by atoms with Crippen molar-refractivity contribution in [2.45, 2.75) is 36.2 Å². The van der Waals surface area contributed by atoms with Crippen LogP contribution in [0.3, 0.4) is 0 Å². The standard InChI is InChI=1S/C26H23N3O2S2/c1-18-7-11-20(12-8-18)16-29-23-6-4-3-5-22(23)25-24(33(29,30)31)15-27-26(28-25)32-17-21-13-9-19(2)10-14-21/h3-15H,16-17H2,1-2H3. The molecule has 4 aromatic rings. The second-order valence-electron chi connectivity index (χ2n) is 8.15. The zero-order valence-corrected chi connectivity index (χ0v) is 20.0. The van der Waals surface area contributed by atoms with E-state index >= 15 is 0 Å². The van der Waals surface area contributed by atoms with Gasteiger partial charge in [0.15, 0.2) is 5.16 Å². The zero-order valence-electron chi connectivity index (χ0n) is 18.4. The first-order chi connectivity index (χ1) is 15.9. The predicted octanol–water partition coefficient (Wildman–Crippen LogP) is 5.76. The van der Waals surface area contributed by atoms with E-state index in [0.29, 0.717) is 22.3 Å². The molecule has 0 spiro atoms. The van der Waals surface area contributed by atoms with E-state index in [-0.39, 0.29) is 11.4 Å². The van der Waals surface area contributed by atoms with Crippen molar-refractivity contribution >= 4 is 27.5 Å². The Bertz CT molecular complexity index is 1420. The Morgan fingerprint density at radius 2 is 1.48 bits per heavy atom. The number of hydrogen-bond donors (Lipinski definition) is 0. The lowest BCUT2D eigenvalue weighted by molar-refractivity contribution is 0.588. The second-order valence-corrected chi connectivity index (χ2v) is 10.9. The number of sulfonamides is 1. The van der Waals surface area contributed by atoms with Crippen molar-refractivity contribution in [1.29, 1.82) is 0 Å². The van der Waals surface area contributed by atoms with Crippen molar-refractivity contribution in [3.8, 4) is 11.3 Å². The minimum Gasteiger partial charge on any atom is -0.261 e. The van der Waals surface area contributed by atoms with Gasteiger partial charge in [0, 0.05) is 11.3 Å². The highest BCUT2D eigenvalue weighted by Gasteiger charge is 2.36. The normalized spacial score (nSPS) is 13.9. The summed E-state index contributed by atoms with van der Waals surface area (Å²) in [6.07, 6.45) is 1.45. The molecule has 0 unspecified atom stereocenters. The number of nitrogens with zero attached hydrogens (tertiary/aromatic N) is 3. The van der Waals surface area contributed by atoms with Crippen LogP contribution in [-0.4, -0.2) is 18.4 Å². The van der Waals surface area contributed by atoms with Gasteiger partial charge in [-0.2, -0.15) is 0 Å². The van der Waals surface area contributed by atoms with Gasteiger partial charge in [-0.05, 0) is 31.0 Å². The smallest absolute Gasteiger partial charge is 0.261 e. The van der Waals surface area contributed by atoms with E-state index in [2.05, 4.69) is 41.2 Å². The fourth-order valence-corrected chi connectivity index (χ4v) is 6.14. The van der Waals surface area contributed by atoms with Gasteiger partial charge in [0.1, 0.15) is 4.90 Å². The molecule has 0 bridgehead atoms. The maximum atomic E-state index is 13.6. The third kappa shape index (κ3) is 4.26. The number of fused-ring (bicyclic) bond motifs is 3. The average molecular weight is 474 g/mol. The van der Waals surface area contributed by atoms with Gasteiger partial charge in [-0.1, -0.05) is 89.6 Å². The van der Waals surface area contributed by atoms with Crippen LogP contribution < -0.4 is 4.31 Å². The third-order valence-electron chi connectivity index (χ3n) is 5.66. The molecule has 5 nitrogen and oxygen atoms in total. The van der Waals surface area contributed by atoms with Crippen molar-refractivity contribution in [2.24, 2.45) is 0 Å². The molecule has 1 aromatic heterocycles. The fraction of sp³-hybridized carbons (Fsp3) is 0.154. The molecule has 1 aliphatic rings. The minimum atomic E-state index is -3.79. The first-order valence-corrected chi connectivity index (χ1v) is 13.1. The van der Waals surface area contributed by atoms with Gasteiger partial charge < -0.3 is 0 Å². The molecule has 33 heavy (non-hydrogen) atoms. The number of para-hydroxylation sites is 1. The molecule has 2 heterocycles. The van der Waals surface area contributed by atoms with E-state index in [1.54, 1.807) is 0 Å². The summed E-state index contributed by atoms with van der Waals surface area (Å²) in [7, 11) is -3.79. The van der Waals surface area contributed by atoms with E-state index in [4.69, 9.17) is 0 Å². The van der Waals surface area contributed by atoms with Crippen molar-refractivity contribution in [1.82, 2.24) is 9.97 Å². The molecule has 0 saturated carbocycles. The molecule has 166 valence electrons. The predicted molar refractivity (Wildman–Crippen MR) is 133 cm³/mol. The van der Waals surface area contributed by atoms with Crippen LogP contribution in [0.5, 0.6) is 0 Å². The van der Waals surface area contributed by atoms with Gasteiger partial charge in [0.25, 0.3) is 10.0 Å². The van der Waals surface area contributed by atoms with Crippen LogP contribution in [0, 0.1) is 13.8 Å². The number of anilines is 1. The monoisotopic (exact) mass is 473 g/mol. The molecule has 0 aliphatic carbocycles. The maximum Gasteiger partial charge on any atom is 0.268 e. The largest absolute Gasteiger partial charge is 0.268 e. The topological polar surface area (TPSA) is 63.2 Å². The molecule has 0 N–H and O–H groups in total. The van der Waals surface area contributed by atoms with Gasteiger partial charge in [0.05, 0.1) is 24.1 Å². The number of hydrogen-bond acceptors (Lipinski definition) is 5. The van der Waals surface area contributed by atoms with Crippen LogP contribution in [0.2, 0.25) is 0 Å². The van der Waals surface area contributed by atoms with Gasteiger partial charge >= 0.3 is 0 Å². The Morgan fingerprint density at radius 3 is 2.18 bits per heavy atom. The Hall–Kier alpha value is -3.16. The van der Waals surface area contributed by atoms with Crippen molar-refractivity contribution in [2.75, 3.05) is 4.31 Å². The van der Waals surface area contributed by atoms with Crippen LogP contribution in [0.1, 0.15) is 22.3 Å². The maximum absolute atomic E-state index is 13.6. The number of rotatable bonds is 5. The van der Waals surface area contributed by atoms with Gasteiger partial charge in [0.2, 0.25) is 0 Å². The molecule has 0 amide bonds. The quantitative estimate of drug-likeness (QED) is 0.272. The molecular weight excluding hydrogens is 450 g/mol. The molecular formula is C26H23N3O2S2. The molecule has 0 radical (unpaired) electrons. The molecule has 0 fully saturated rings. The highest BCUT2D eigenvalue weighted by atomic mass is 32.2. The summed E-state index contributed by atoms with van der Waals surface area (Å²) >= 11 is 1.50. The summed E-state index contributed by atoms with van der Waals surface area (Å²) in [4.78, 5) is 9.22. The first-order valence-electron chi connectivity index (χ1n) is 10.6. The highest BCUT2D eigenvalue weighted by Crippen LogP contribution is 2.43. The SMILES string of the molecule is Cc1ccc(CSc2ncc3c(n2)-c2ccccc2N(Cc2ccc(C)cc2)S3(=O)=O)cc1. The Kier molecular flexibility index (Phi) is 5.68. The van der Waals surface area contributed by atoms with E-state index in [9.17, 15) is 8.42 Å². The lowest BCUT2D eigenvalue weighted by Crippen LogP contribution is -2.34. The molecule has 5 rings (SSSR count). The second kappa shape index (κ2) is 8.65. The Balaban J connectivity index is 1.50. The average Bonchev–Trinajstić information content (AvgIpc) is 2.82. The van der Waals surface area contributed by atoms with E-state index < -0.39 is 10.0 Å². The van der Waals surface area contributed by atoms with Crippen molar-refractivity contribution < 1.29 is 8.42 Å². The van der Waals surface area contributed by atoms with Crippen LogP contribution in [0.25, 0.3) is 11.3 Å². The van der Waals surface area contributed by atoms with Crippen LogP contribution in [0.15, 0.2) is 89.0 Å². The Morgan fingerprint density at radius 1 is 0.848 bits per heavy atom. The molecule has 1 aliphatic heterocycles. The van der Waals surface area contributed by atoms with Crippen LogP contribution >= 0.6 is 11.8 Å². The number of aromatic nitrogens is 2. The summed E-state index contributed by atoms with van der Waals surface area (Å²) in [5.74, 6) is 0.715. The van der Waals surface area contributed by atoms with E-state index in [1.807, 2.05) is 55.5 Å². The van der Waals surface area contributed by atoms with Gasteiger partial charge in [-0.25, -0.2) is 18.4 Å². The van der Waals surface area contributed by atoms with Gasteiger partial charge in [-0.15, -0.1) is 0 Å². The Labute approximate surface area is 198 Å². The fourth-order valence-electron chi connectivity index (χ4n) is 3.81. The van der Waals surface area contributed by atoms with Gasteiger partial charge in [-0.3, -0.25) is 4.31 Å². The molecule has 3 aromatic carbocycles. The van der Waals surface area contributed by atoms with Crippen LogP contribution in [0.4, 0.5) is 5.69 Å². The zero-order chi connectivity index (χ0) is 23.0. The summed E-state index contributed by atoms with van der Waals surface area (Å²) in [6.45, 7) is 4.32.